The van der Waals surface area contributed by atoms with Crippen molar-refractivity contribution in [2.45, 2.75) is 45.4 Å². The van der Waals surface area contributed by atoms with Crippen LogP contribution < -0.4 is 10.6 Å². The van der Waals surface area contributed by atoms with E-state index in [1.807, 2.05) is 13.8 Å². The third kappa shape index (κ3) is 6.37. The molecule has 0 aliphatic heterocycles. The van der Waals surface area contributed by atoms with Gasteiger partial charge in [0, 0.05) is 0 Å². The number of esters is 1. The van der Waals surface area contributed by atoms with Gasteiger partial charge in [-0.05, 0) is 19.3 Å². The first-order valence-electron chi connectivity index (χ1n) is 6.24. The zero-order chi connectivity index (χ0) is 15.9. The number of aliphatic hydroxyl groups is 1. The number of carbonyl (C=O) groups excluding carboxylic acids is 2. The van der Waals surface area contributed by atoms with E-state index in [2.05, 4.69) is 15.4 Å². The van der Waals surface area contributed by atoms with Gasteiger partial charge in [0.05, 0.1) is 13.2 Å². The summed E-state index contributed by atoms with van der Waals surface area (Å²) < 4.78 is 4.57. The lowest BCUT2D eigenvalue weighted by Gasteiger charge is -2.21. The number of amides is 2. The average Bonchev–Trinajstić information content (AvgIpc) is 2.32. The van der Waals surface area contributed by atoms with Crippen LogP contribution >= 0.6 is 0 Å². The fraction of sp³-hybridized carbons (Fsp3) is 0.750. The summed E-state index contributed by atoms with van der Waals surface area (Å²) in [6.07, 6.45) is -0.910. The first-order valence-corrected chi connectivity index (χ1v) is 6.24. The van der Waals surface area contributed by atoms with Gasteiger partial charge in [0.15, 0.2) is 6.04 Å². The maximum absolute atomic E-state index is 11.7. The molecule has 0 aliphatic rings. The molecule has 0 saturated carbocycles. The van der Waals surface area contributed by atoms with Crippen molar-refractivity contribution in [2.75, 3.05) is 7.11 Å². The Morgan fingerprint density at radius 3 is 2.05 bits per heavy atom. The lowest BCUT2D eigenvalue weighted by Crippen LogP contribution is -2.54. The molecule has 0 bridgehead atoms. The number of methoxy groups -OCH3 is 1. The highest BCUT2D eigenvalue weighted by molar-refractivity contribution is 5.86. The highest BCUT2D eigenvalue weighted by atomic mass is 16.5. The van der Waals surface area contributed by atoms with Crippen LogP contribution in [-0.2, 0) is 14.3 Å². The number of carboxylic acids is 1. The van der Waals surface area contributed by atoms with Crippen molar-refractivity contribution in [2.24, 2.45) is 5.92 Å². The Labute approximate surface area is 117 Å². The van der Waals surface area contributed by atoms with Crippen molar-refractivity contribution in [3.63, 3.8) is 0 Å². The maximum atomic E-state index is 11.7. The molecule has 0 heterocycles. The van der Waals surface area contributed by atoms with Crippen LogP contribution in [0.5, 0.6) is 0 Å². The zero-order valence-electron chi connectivity index (χ0n) is 12.0. The minimum absolute atomic E-state index is 0.131. The number of ether oxygens (including phenoxy) is 1. The lowest BCUT2D eigenvalue weighted by atomic mass is 10.0. The Hall–Kier alpha value is -1.83. The predicted octanol–water partition coefficient (Wildman–Crippen LogP) is -0.293. The van der Waals surface area contributed by atoms with Crippen molar-refractivity contribution in [3.8, 4) is 0 Å². The third-order valence-electron chi connectivity index (χ3n) is 2.53. The molecule has 0 radical (unpaired) electrons. The van der Waals surface area contributed by atoms with E-state index < -0.39 is 36.2 Å². The van der Waals surface area contributed by atoms with E-state index >= 15 is 0 Å². The predicted molar refractivity (Wildman–Crippen MR) is 70.0 cm³/mol. The number of hydrogen-bond donors (Lipinski definition) is 4. The molecule has 2 amide bonds. The van der Waals surface area contributed by atoms with Crippen LogP contribution in [0.15, 0.2) is 0 Å². The van der Waals surface area contributed by atoms with E-state index in [-0.39, 0.29) is 5.92 Å². The molecule has 4 N–H and O–H groups in total. The fourth-order valence-corrected chi connectivity index (χ4v) is 1.56. The van der Waals surface area contributed by atoms with Gasteiger partial charge >= 0.3 is 18.0 Å². The normalized spacial score (nSPS) is 15.1. The smallest absolute Gasteiger partial charge is 0.328 e. The van der Waals surface area contributed by atoms with Gasteiger partial charge in [0.2, 0.25) is 0 Å². The van der Waals surface area contributed by atoms with Gasteiger partial charge in [-0.2, -0.15) is 0 Å². The number of rotatable bonds is 7. The molecule has 0 aromatic heterocycles. The van der Waals surface area contributed by atoms with Crippen LogP contribution in [0.25, 0.3) is 0 Å². The van der Waals surface area contributed by atoms with Crippen LogP contribution in [0.1, 0.15) is 27.2 Å². The quantitative estimate of drug-likeness (QED) is 0.477. The topological polar surface area (TPSA) is 125 Å². The van der Waals surface area contributed by atoms with E-state index in [1.54, 1.807) is 0 Å². The van der Waals surface area contributed by atoms with Crippen molar-refractivity contribution in [1.29, 1.82) is 0 Å². The molecule has 3 atom stereocenters. The summed E-state index contributed by atoms with van der Waals surface area (Å²) in [7, 11) is 1.20. The highest BCUT2D eigenvalue weighted by Crippen LogP contribution is 2.06. The molecule has 20 heavy (non-hydrogen) atoms. The molecule has 0 rings (SSSR count). The molecule has 0 fully saturated rings. The molecular formula is C12H22N2O6. The number of urea groups is 1. The summed E-state index contributed by atoms with van der Waals surface area (Å²) in [6, 6.07) is -3.18. The maximum Gasteiger partial charge on any atom is 0.328 e. The average molecular weight is 290 g/mol. The van der Waals surface area contributed by atoms with Crippen molar-refractivity contribution in [3.05, 3.63) is 0 Å². The van der Waals surface area contributed by atoms with Crippen LogP contribution in [0.3, 0.4) is 0 Å². The molecule has 116 valence electrons. The van der Waals surface area contributed by atoms with Crippen molar-refractivity contribution >= 4 is 18.0 Å². The number of carboxylic acid groups (broad SMARTS) is 1. The number of aliphatic hydroxyl groups excluding tert-OH is 1. The Kier molecular flexibility index (Phi) is 7.60. The monoisotopic (exact) mass is 290 g/mol. The van der Waals surface area contributed by atoms with Crippen LogP contribution in [0.4, 0.5) is 4.79 Å². The Morgan fingerprint density at radius 1 is 1.15 bits per heavy atom. The highest BCUT2D eigenvalue weighted by Gasteiger charge is 2.28. The molecule has 0 saturated heterocycles. The summed E-state index contributed by atoms with van der Waals surface area (Å²) >= 11 is 0. The van der Waals surface area contributed by atoms with Gasteiger partial charge in [-0.1, -0.05) is 13.8 Å². The lowest BCUT2D eigenvalue weighted by molar-refractivity contribution is -0.143. The first kappa shape index (κ1) is 18.2. The Bertz CT molecular complexity index is 356. The SMILES string of the molecule is COC(=O)C(CC(C)C)NC(=O)NC(C(=O)O)C(C)O. The van der Waals surface area contributed by atoms with E-state index in [4.69, 9.17) is 5.11 Å². The molecule has 0 aromatic rings. The molecule has 8 nitrogen and oxygen atoms in total. The van der Waals surface area contributed by atoms with Crippen LogP contribution in [0, 0.1) is 5.92 Å². The Balaban J connectivity index is 4.67. The zero-order valence-corrected chi connectivity index (χ0v) is 12.0. The molecule has 3 unspecified atom stereocenters. The van der Waals surface area contributed by atoms with E-state index in [0.29, 0.717) is 6.42 Å². The Morgan fingerprint density at radius 2 is 1.70 bits per heavy atom. The van der Waals surface area contributed by atoms with Gasteiger partial charge in [0.25, 0.3) is 0 Å². The molecule has 0 spiro atoms. The molecule has 0 aliphatic carbocycles. The second-order valence-corrected chi connectivity index (χ2v) is 4.88. The van der Waals surface area contributed by atoms with Gasteiger partial charge < -0.3 is 25.6 Å². The van der Waals surface area contributed by atoms with Crippen molar-refractivity contribution < 1.29 is 29.3 Å². The van der Waals surface area contributed by atoms with Crippen molar-refractivity contribution in [1.82, 2.24) is 10.6 Å². The third-order valence-corrected chi connectivity index (χ3v) is 2.53. The van der Waals surface area contributed by atoms with Crippen LogP contribution in [0.2, 0.25) is 0 Å². The van der Waals surface area contributed by atoms with Gasteiger partial charge in [-0.25, -0.2) is 14.4 Å². The largest absolute Gasteiger partial charge is 0.480 e. The fourth-order valence-electron chi connectivity index (χ4n) is 1.56. The number of hydrogen-bond acceptors (Lipinski definition) is 5. The number of carbonyl (C=O) groups is 3. The minimum Gasteiger partial charge on any atom is -0.480 e. The first-order chi connectivity index (χ1) is 9.18. The number of aliphatic carboxylic acids is 1. The van der Waals surface area contributed by atoms with Gasteiger partial charge in [-0.15, -0.1) is 0 Å². The van der Waals surface area contributed by atoms with Gasteiger partial charge in [-0.3, -0.25) is 0 Å². The second kappa shape index (κ2) is 8.36. The summed E-state index contributed by atoms with van der Waals surface area (Å²) in [5, 5.41) is 22.5. The van der Waals surface area contributed by atoms with Crippen LogP contribution in [-0.4, -0.2) is 53.5 Å². The summed E-state index contributed by atoms with van der Waals surface area (Å²) in [4.78, 5) is 34.0. The molecule has 0 aromatic carbocycles. The summed E-state index contributed by atoms with van der Waals surface area (Å²) in [6.45, 7) is 4.97. The molecule has 8 heteroatoms. The standard InChI is InChI=1S/C12H22N2O6/c1-6(2)5-8(11(18)20-4)13-12(19)14-9(7(3)15)10(16)17/h6-9,15H,5H2,1-4H3,(H,16,17)(H2,13,14,19). The summed E-state index contributed by atoms with van der Waals surface area (Å²) in [5.41, 5.74) is 0. The summed E-state index contributed by atoms with van der Waals surface area (Å²) in [5.74, 6) is -1.85. The van der Waals surface area contributed by atoms with Gasteiger partial charge in [0.1, 0.15) is 6.04 Å². The van der Waals surface area contributed by atoms with E-state index in [9.17, 15) is 19.5 Å². The van der Waals surface area contributed by atoms with E-state index in [0.717, 1.165) is 0 Å². The van der Waals surface area contributed by atoms with E-state index in [1.165, 1.54) is 14.0 Å². The minimum atomic E-state index is -1.45. The number of nitrogens with one attached hydrogen (secondary N) is 2. The second-order valence-electron chi connectivity index (χ2n) is 4.88. The molecular weight excluding hydrogens is 268 g/mol.